The quantitative estimate of drug-likeness (QED) is 0.615. The van der Waals surface area contributed by atoms with Crippen molar-refractivity contribution in [1.82, 2.24) is 0 Å². The van der Waals surface area contributed by atoms with Crippen molar-refractivity contribution in [3.8, 4) is 0 Å². The van der Waals surface area contributed by atoms with Gasteiger partial charge in [-0.1, -0.05) is 27.7 Å². The maximum Gasteiger partial charge on any atom is 0.0437 e. The zero-order valence-electron chi connectivity index (χ0n) is 8.98. The highest BCUT2D eigenvalue weighted by molar-refractivity contribution is 4.46. The summed E-state index contributed by atoms with van der Waals surface area (Å²) < 4.78 is 4.83. The highest BCUT2D eigenvalue weighted by Crippen LogP contribution is 2.05. The summed E-state index contributed by atoms with van der Waals surface area (Å²) in [6, 6.07) is 0. The second kappa shape index (κ2) is 9.96. The fourth-order valence-corrected chi connectivity index (χ4v) is 0.204. The fraction of sp³-hybridized carbons (Fsp3) is 1.00. The van der Waals surface area contributed by atoms with E-state index in [1.807, 2.05) is 13.8 Å². The smallest absolute Gasteiger partial charge is 0.0437 e. The van der Waals surface area contributed by atoms with Gasteiger partial charge in [-0.3, -0.25) is 0 Å². The third-order valence-corrected chi connectivity index (χ3v) is 1.74. The molecule has 70 valence electrons. The molecule has 0 bridgehead atoms. The van der Waals surface area contributed by atoms with Gasteiger partial charge in [0, 0.05) is 13.2 Å². The first-order valence-corrected chi connectivity index (χ1v) is 4.63. The van der Waals surface area contributed by atoms with Crippen molar-refractivity contribution in [3.63, 3.8) is 0 Å². The van der Waals surface area contributed by atoms with Crippen molar-refractivity contribution in [2.24, 2.45) is 11.8 Å². The monoisotopic (exact) mass is 160 g/mol. The molecule has 0 aromatic heterocycles. The molecule has 0 aliphatic rings. The zero-order valence-corrected chi connectivity index (χ0v) is 8.98. The van der Waals surface area contributed by atoms with Crippen LogP contribution in [0.25, 0.3) is 0 Å². The molecule has 1 heteroatoms. The van der Waals surface area contributed by atoms with Crippen LogP contribution in [0.3, 0.4) is 0 Å². The number of rotatable bonds is 3. The predicted molar refractivity (Wildman–Crippen MR) is 51.8 cm³/mol. The van der Waals surface area contributed by atoms with Crippen LogP contribution in [-0.2, 0) is 4.74 Å². The second-order valence-electron chi connectivity index (χ2n) is 3.27. The first-order chi connectivity index (χ1) is 5.06. The topological polar surface area (TPSA) is 9.23 Å². The average molecular weight is 160 g/mol. The lowest BCUT2D eigenvalue weighted by Gasteiger charge is -2.05. The summed E-state index contributed by atoms with van der Waals surface area (Å²) in [5.41, 5.74) is 0. The molecule has 0 aliphatic carbocycles. The molecule has 0 saturated carbocycles. The molecule has 0 amide bonds. The van der Waals surface area contributed by atoms with Crippen LogP contribution in [0.2, 0.25) is 0 Å². The van der Waals surface area contributed by atoms with Crippen molar-refractivity contribution in [2.45, 2.75) is 41.5 Å². The minimum Gasteiger partial charge on any atom is -0.382 e. The largest absolute Gasteiger partial charge is 0.382 e. The van der Waals surface area contributed by atoms with Crippen LogP contribution in [0.1, 0.15) is 41.5 Å². The van der Waals surface area contributed by atoms with E-state index in [1.165, 1.54) is 0 Å². The predicted octanol–water partition coefficient (Wildman–Crippen LogP) is 3.34. The van der Waals surface area contributed by atoms with E-state index < -0.39 is 0 Å². The lowest BCUT2D eigenvalue weighted by atomic mass is 10.0. The first-order valence-electron chi connectivity index (χ1n) is 4.63. The minimum atomic E-state index is 0.844. The van der Waals surface area contributed by atoms with Gasteiger partial charge in [-0.2, -0.15) is 0 Å². The maximum absolute atomic E-state index is 4.83. The van der Waals surface area contributed by atoms with Crippen LogP contribution in [0, 0.1) is 11.8 Å². The van der Waals surface area contributed by atoms with Crippen molar-refractivity contribution in [3.05, 3.63) is 0 Å². The molecule has 0 saturated heterocycles. The van der Waals surface area contributed by atoms with Gasteiger partial charge in [-0.15, -0.1) is 0 Å². The molecule has 11 heavy (non-hydrogen) atoms. The Hall–Kier alpha value is -0.0400. The summed E-state index contributed by atoms with van der Waals surface area (Å²) in [5.74, 6) is 1.70. The molecule has 0 N–H and O–H groups in total. The molecular formula is C10H24O. The maximum atomic E-state index is 4.83. The molecular weight excluding hydrogens is 136 g/mol. The Labute approximate surface area is 72.1 Å². The van der Waals surface area contributed by atoms with Crippen LogP contribution in [0.5, 0.6) is 0 Å². The molecule has 0 aromatic carbocycles. The molecule has 0 fully saturated rings. The lowest BCUT2D eigenvalue weighted by Crippen LogP contribution is -1.95. The molecule has 0 spiro atoms. The third kappa shape index (κ3) is 17.8. The van der Waals surface area contributed by atoms with Crippen LogP contribution < -0.4 is 0 Å². The molecule has 0 aromatic rings. The van der Waals surface area contributed by atoms with Crippen LogP contribution in [0.4, 0.5) is 0 Å². The average Bonchev–Trinajstić information content (AvgIpc) is 1.90. The summed E-state index contributed by atoms with van der Waals surface area (Å²) in [4.78, 5) is 0. The minimum absolute atomic E-state index is 0.844. The number of ether oxygens (including phenoxy) is 1. The third-order valence-electron chi connectivity index (χ3n) is 1.74. The summed E-state index contributed by atoms with van der Waals surface area (Å²) >= 11 is 0. The van der Waals surface area contributed by atoms with E-state index in [0.29, 0.717) is 0 Å². The summed E-state index contributed by atoms with van der Waals surface area (Å²) in [6.07, 6.45) is 0. The fourth-order valence-electron chi connectivity index (χ4n) is 0.204. The Morgan fingerprint density at radius 2 is 1.09 bits per heavy atom. The Kier molecular flexibility index (Phi) is 12.3. The SMILES string of the molecule is CC(C)C(C)C.CCOCC. The number of hydrogen-bond donors (Lipinski definition) is 0. The Morgan fingerprint density at radius 1 is 0.818 bits per heavy atom. The van der Waals surface area contributed by atoms with Gasteiger partial charge in [0.1, 0.15) is 0 Å². The molecule has 0 unspecified atom stereocenters. The van der Waals surface area contributed by atoms with Gasteiger partial charge in [-0.05, 0) is 25.7 Å². The zero-order chi connectivity index (χ0) is 9.28. The van der Waals surface area contributed by atoms with Crippen molar-refractivity contribution in [1.29, 1.82) is 0 Å². The van der Waals surface area contributed by atoms with Crippen LogP contribution in [0.15, 0.2) is 0 Å². The molecule has 1 nitrogen and oxygen atoms in total. The second-order valence-corrected chi connectivity index (χ2v) is 3.27. The molecule has 0 rings (SSSR count). The Morgan fingerprint density at radius 3 is 1.09 bits per heavy atom. The van der Waals surface area contributed by atoms with E-state index in [9.17, 15) is 0 Å². The summed E-state index contributed by atoms with van der Waals surface area (Å²) in [6.45, 7) is 14.6. The van der Waals surface area contributed by atoms with Crippen LogP contribution >= 0.6 is 0 Å². The van der Waals surface area contributed by atoms with E-state index in [1.54, 1.807) is 0 Å². The molecule has 0 aliphatic heterocycles. The van der Waals surface area contributed by atoms with Gasteiger partial charge in [-0.25, -0.2) is 0 Å². The Balaban J connectivity index is 0. The van der Waals surface area contributed by atoms with Crippen LogP contribution in [-0.4, -0.2) is 13.2 Å². The van der Waals surface area contributed by atoms with E-state index >= 15 is 0 Å². The molecule has 0 heterocycles. The van der Waals surface area contributed by atoms with E-state index in [2.05, 4.69) is 27.7 Å². The molecule has 0 radical (unpaired) electrons. The lowest BCUT2D eigenvalue weighted by molar-refractivity contribution is 0.162. The summed E-state index contributed by atoms with van der Waals surface area (Å²) in [5, 5.41) is 0. The van der Waals surface area contributed by atoms with Gasteiger partial charge in [0.05, 0.1) is 0 Å². The normalized spacial score (nSPS) is 9.82. The van der Waals surface area contributed by atoms with E-state index in [4.69, 9.17) is 4.74 Å². The van der Waals surface area contributed by atoms with Gasteiger partial charge >= 0.3 is 0 Å². The first kappa shape index (κ1) is 13.5. The standard InChI is InChI=1S/C6H14.C4H10O/c1-5(2)6(3)4;1-3-5-4-2/h5-6H,1-4H3;3-4H2,1-2H3. The van der Waals surface area contributed by atoms with Gasteiger partial charge in [0.25, 0.3) is 0 Å². The van der Waals surface area contributed by atoms with Gasteiger partial charge < -0.3 is 4.74 Å². The van der Waals surface area contributed by atoms with E-state index in [-0.39, 0.29) is 0 Å². The van der Waals surface area contributed by atoms with Crippen molar-refractivity contribution >= 4 is 0 Å². The highest BCUT2D eigenvalue weighted by atomic mass is 16.5. The van der Waals surface area contributed by atoms with E-state index in [0.717, 1.165) is 25.0 Å². The van der Waals surface area contributed by atoms with Crippen molar-refractivity contribution in [2.75, 3.05) is 13.2 Å². The Bertz CT molecular complexity index is 49.9. The highest BCUT2D eigenvalue weighted by Gasteiger charge is 1.95. The summed E-state index contributed by atoms with van der Waals surface area (Å²) in [7, 11) is 0. The van der Waals surface area contributed by atoms with Gasteiger partial charge in [0.15, 0.2) is 0 Å². The molecule has 0 atom stereocenters. The number of hydrogen-bond acceptors (Lipinski definition) is 1. The van der Waals surface area contributed by atoms with Crippen molar-refractivity contribution < 1.29 is 4.74 Å². The van der Waals surface area contributed by atoms with Gasteiger partial charge in [0.2, 0.25) is 0 Å².